The molecule has 1 heterocycles. The van der Waals surface area contributed by atoms with Gasteiger partial charge in [-0.15, -0.1) is 0 Å². The molecule has 0 aromatic heterocycles. The molecular formula is C15H24N2O. The van der Waals surface area contributed by atoms with Crippen LogP contribution in [0.15, 0.2) is 24.3 Å². The second-order valence-corrected chi connectivity index (χ2v) is 5.23. The van der Waals surface area contributed by atoms with Gasteiger partial charge < -0.3 is 15.0 Å². The summed E-state index contributed by atoms with van der Waals surface area (Å²) in [5, 5.41) is 3.61. The van der Waals surface area contributed by atoms with Gasteiger partial charge in [-0.05, 0) is 51.2 Å². The van der Waals surface area contributed by atoms with E-state index in [9.17, 15) is 0 Å². The highest BCUT2D eigenvalue weighted by Crippen LogP contribution is 2.24. The van der Waals surface area contributed by atoms with Crippen molar-refractivity contribution in [3.63, 3.8) is 0 Å². The van der Waals surface area contributed by atoms with Crippen LogP contribution in [0.4, 0.5) is 0 Å². The fraction of sp³-hybridized carbons (Fsp3) is 0.600. The van der Waals surface area contributed by atoms with Crippen LogP contribution in [0.3, 0.4) is 0 Å². The summed E-state index contributed by atoms with van der Waals surface area (Å²) in [5.41, 5.74) is 2.74. The van der Waals surface area contributed by atoms with Gasteiger partial charge in [-0.3, -0.25) is 0 Å². The molecule has 1 atom stereocenters. The molecule has 0 bridgehead atoms. The van der Waals surface area contributed by atoms with E-state index in [1.165, 1.54) is 30.5 Å². The molecule has 1 N–H and O–H groups in total. The molecule has 2 rings (SSSR count). The van der Waals surface area contributed by atoms with E-state index in [2.05, 4.69) is 48.6 Å². The number of hydrogen-bond acceptors (Lipinski definition) is 3. The third-order valence-electron chi connectivity index (χ3n) is 3.40. The SMILES string of the molecule is CN(C)CCCCNC1COCc2ccccc21. The number of ether oxygens (including phenoxy) is 1. The van der Waals surface area contributed by atoms with Crippen LogP contribution >= 0.6 is 0 Å². The molecule has 1 aliphatic heterocycles. The lowest BCUT2D eigenvalue weighted by atomic mass is 9.99. The van der Waals surface area contributed by atoms with Crippen molar-refractivity contribution in [1.29, 1.82) is 0 Å². The largest absolute Gasteiger partial charge is 0.375 e. The van der Waals surface area contributed by atoms with Crippen molar-refractivity contribution in [1.82, 2.24) is 10.2 Å². The molecule has 100 valence electrons. The smallest absolute Gasteiger partial charge is 0.0721 e. The molecule has 0 amide bonds. The van der Waals surface area contributed by atoms with Crippen LogP contribution in [0.1, 0.15) is 30.0 Å². The molecule has 3 heteroatoms. The lowest BCUT2D eigenvalue weighted by Crippen LogP contribution is -2.30. The van der Waals surface area contributed by atoms with Crippen LogP contribution in [-0.4, -0.2) is 38.7 Å². The molecule has 0 fully saturated rings. The summed E-state index contributed by atoms with van der Waals surface area (Å²) >= 11 is 0. The van der Waals surface area contributed by atoms with Crippen LogP contribution < -0.4 is 5.32 Å². The van der Waals surface area contributed by atoms with Crippen molar-refractivity contribution in [3.05, 3.63) is 35.4 Å². The molecule has 18 heavy (non-hydrogen) atoms. The standard InChI is InChI=1S/C15H24N2O/c1-17(2)10-6-5-9-16-15-12-18-11-13-7-3-4-8-14(13)15/h3-4,7-8,15-16H,5-6,9-12H2,1-2H3. The zero-order valence-electron chi connectivity index (χ0n) is 11.5. The summed E-state index contributed by atoms with van der Waals surface area (Å²) < 4.78 is 5.63. The maximum absolute atomic E-state index is 5.63. The van der Waals surface area contributed by atoms with Gasteiger partial charge in [-0.1, -0.05) is 24.3 Å². The van der Waals surface area contributed by atoms with Gasteiger partial charge in [0.25, 0.3) is 0 Å². The van der Waals surface area contributed by atoms with Crippen molar-refractivity contribution < 1.29 is 4.74 Å². The molecule has 1 aromatic rings. The highest BCUT2D eigenvalue weighted by molar-refractivity contribution is 5.30. The van der Waals surface area contributed by atoms with E-state index in [1.807, 2.05) is 0 Å². The van der Waals surface area contributed by atoms with Gasteiger partial charge in [0.15, 0.2) is 0 Å². The zero-order chi connectivity index (χ0) is 12.8. The number of fused-ring (bicyclic) bond motifs is 1. The average Bonchev–Trinajstić information content (AvgIpc) is 2.38. The first-order valence-corrected chi connectivity index (χ1v) is 6.81. The van der Waals surface area contributed by atoms with Crippen molar-refractivity contribution in [2.24, 2.45) is 0 Å². The highest BCUT2D eigenvalue weighted by Gasteiger charge is 2.19. The fourth-order valence-electron chi connectivity index (χ4n) is 2.38. The molecule has 1 aromatic carbocycles. The highest BCUT2D eigenvalue weighted by atomic mass is 16.5. The van der Waals surface area contributed by atoms with E-state index in [4.69, 9.17) is 4.74 Å². The van der Waals surface area contributed by atoms with Crippen LogP contribution in [0.2, 0.25) is 0 Å². The van der Waals surface area contributed by atoms with Crippen LogP contribution in [-0.2, 0) is 11.3 Å². The topological polar surface area (TPSA) is 24.5 Å². The molecule has 0 aliphatic carbocycles. The molecule has 1 unspecified atom stereocenters. The summed E-state index contributed by atoms with van der Waals surface area (Å²) in [5.74, 6) is 0. The normalized spacial score (nSPS) is 18.9. The average molecular weight is 248 g/mol. The quantitative estimate of drug-likeness (QED) is 0.781. The Hall–Kier alpha value is -0.900. The minimum absolute atomic E-state index is 0.370. The second-order valence-electron chi connectivity index (χ2n) is 5.23. The first kappa shape index (κ1) is 13.5. The van der Waals surface area contributed by atoms with E-state index in [1.54, 1.807) is 0 Å². The fourth-order valence-corrected chi connectivity index (χ4v) is 2.38. The number of benzene rings is 1. The molecule has 0 saturated heterocycles. The number of nitrogens with zero attached hydrogens (tertiary/aromatic N) is 1. The van der Waals surface area contributed by atoms with Gasteiger partial charge >= 0.3 is 0 Å². The Bertz CT molecular complexity index is 365. The lowest BCUT2D eigenvalue weighted by Gasteiger charge is -2.26. The van der Waals surface area contributed by atoms with E-state index < -0.39 is 0 Å². The number of nitrogens with one attached hydrogen (secondary N) is 1. The van der Waals surface area contributed by atoms with Crippen molar-refractivity contribution in [2.45, 2.75) is 25.5 Å². The second kappa shape index (κ2) is 6.88. The minimum atomic E-state index is 0.370. The summed E-state index contributed by atoms with van der Waals surface area (Å²) in [6.45, 7) is 3.79. The van der Waals surface area contributed by atoms with Crippen LogP contribution in [0, 0.1) is 0 Å². The van der Waals surface area contributed by atoms with Gasteiger partial charge in [-0.25, -0.2) is 0 Å². The van der Waals surface area contributed by atoms with Crippen molar-refractivity contribution in [2.75, 3.05) is 33.8 Å². The van der Waals surface area contributed by atoms with Crippen molar-refractivity contribution >= 4 is 0 Å². The lowest BCUT2D eigenvalue weighted by molar-refractivity contribution is 0.0821. The van der Waals surface area contributed by atoms with E-state index in [0.29, 0.717) is 6.04 Å². The number of hydrogen-bond donors (Lipinski definition) is 1. The van der Waals surface area contributed by atoms with Crippen molar-refractivity contribution in [3.8, 4) is 0 Å². The predicted molar refractivity (Wildman–Crippen MR) is 74.6 cm³/mol. The molecular weight excluding hydrogens is 224 g/mol. The zero-order valence-corrected chi connectivity index (χ0v) is 11.5. The first-order chi connectivity index (χ1) is 8.77. The first-order valence-electron chi connectivity index (χ1n) is 6.81. The Labute approximate surface area is 110 Å². The summed E-state index contributed by atoms with van der Waals surface area (Å²) in [7, 11) is 4.25. The Morgan fingerprint density at radius 1 is 1.28 bits per heavy atom. The summed E-state index contributed by atoms with van der Waals surface area (Å²) in [4.78, 5) is 2.24. The summed E-state index contributed by atoms with van der Waals surface area (Å²) in [6, 6.07) is 8.95. The van der Waals surface area contributed by atoms with E-state index in [0.717, 1.165) is 19.8 Å². The van der Waals surface area contributed by atoms with Crippen LogP contribution in [0.25, 0.3) is 0 Å². The van der Waals surface area contributed by atoms with Gasteiger partial charge in [0.2, 0.25) is 0 Å². The molecule has 0 radical (unpaired) electrons. The molecule has 3 nitrogen and oxygen atoms in total. The third kappa shape index (κ3) is 3.80. The monoisotopic (exact) mass is 248 g/mol. The Kier molecular flexibility index (Phi) is 5.17. The molecule has 1 aliphatic rings. The number of unbranched alkanes of at least 4 members (excludes halogenated alkanes) is 1. The molecule has 0 spiro atoms. The van der Waals surface area contributed by atoms with E-state index in [-0.39, 0.29) is 0 Å². The Morgan fingerprint density at radius 2 is 2.11 bits per heavy atom. The minimum Gasteiger partial charge on any atom is -0.375 e. The predicted octanol–water partition coefficient (Wildman–Crippen LogP) is 2.19. The Morgan fingerprint density at radius 3 is 2.94 bits per heavy atom. The maximum atomic E-state index is 5.63. The number of rotatable bonds is 6. The third-order valence-corrected chi connectivity index (χ3v) is 3.40. The van der Waals surface area contributed by atoms with Gasteiger partial charge in [0.1, 0.15) is 0 Å². The van der Waals surface area contributed by atoms with Crippen LogP contribution in [0.5, 0.6) is 0 Å². The van der Waals surface area contributed by atoms with Gasteiger partial charge in [-0.2, -0.15) is 0 Å². The summed E-state index contributed by atoms with van der Waals surface area (Å²) in [6.07, 6.45) is 2.46. The Balaban J connectivity index is 1.77. The van der Waals surface area contributed by atoms with Gasteiger partial charge in [0, 0.05) is 0 Å². The molecule has 0 saturated carbocycles. The maximum Gasteiger partial charge on any atom is 0.0721 e. The van der Waals surface area contributed by atoms with Gasteiger partial charge in [0.05, 0.1) is 19.3 Å². The van der Waals surface area contributed by atoms with E-state index >= 15 is 0 Å².